The Morgan fingerprint density at radius 1 is 1.13 bits per heavy atom. The SMILES string of the molecule is CC[C@@H](C)c1ccc(N(CC(C)C)C2CCOCC2)c(Nc2nnc(C3CC3)s2)c1. The van der Waals surface area contributed by atoms with Crippen molar-refractivity contribution in [1.29, 1.82) is 0 Å². The molecule has 4 rings (SSSR count). The Bertz CT molecular complexity index is 826. The van der Waals surface area contributed by atoms with Gasteiger partial charge in [0.25, 0.3) is 0 Å². The van der Waals surface area contributed by atoms with Crippen LogP contribution in [-0.2, 0) is 4.74 Å². The Hall–Kier alpha value is -1.66. The van der Waals surface area contributed by atoms with Crippen molar-refractivity contribution in [3.8, 4) is 0 Å². The highest BCUT2D eigenvalue weighted by Crippen LogP contribution is 2.43. The highest BCUT2D eigenvalue weighted by Gasteiger charge is 2.28. The van der Waals surface area contributed by atoms with Gasteiger partial charge in [0.1, 0.15) is 5.01 Å². The molecule has 1 saturated carbocycles. The summed E-state index contributed by atoms with van der Waals surface area (Å²) < 4.78 is 5.65. The summed E-state index contributed by atoms with van der Waals surface area (Å²) >= 11 is 1.72. The van der Waals surface area contributed by atoms with Crippen LogP contribution in [0.25, 0.3) is 0 Å². The summed E-state index contributed by atoms with van der Waals surface area (Å²) in [7, 11) is 0. The molecule has 1 saturated heterocycles. The van der Waals surface area contributed by atoms with Crippen LogP contribution < -0.4 is 10.2 Å². The summed E-state index contributed by atoms with van der Waals surface area (Å²) in [5.41, 5.74) is 3.83. The molecule has 5 nitrogen and oxygen atoms in total. The van der Waals surface area contributed by atoms with Gasteiger partial charge in [0.2, 0.25) is 5.13 Å². The van der Waals surface area contributed by atoms with Crippen molar-refractivity contribution in [3.05, 3.63) is 28.8 Å². The van der Waals surface area contributed by atoms with Crippen LogP contribution in [0.15, 0.2) is 18.2 Å². The zero-order chi connectivity index (χ0) is 21.1. The van der Waals surface area contributed by atoms with Crippen molar-refractivity contribution in [2.24, 2.45) is 5.92 Å². The van der Waals surface area contributed by atoms with E-state index in [0.717, 1.165) is 44.2 Å². The first-order valence-corrected chi connectivity index (χ1v) is 12.5. The highest BCUT2D eigenvalue weighted by atomic mass is 32.1. The van der Waals surface area contributed by atoms with E-state index >= 15 is 0 Å². The van der Waals surface area contributed by atoms with E-state index < -0.39 is 0 Å². The van der Waals surface area contributed by atoms with E-state index in [1.54, 1.807) is 11.3 Å². The van der Waals surface area contributed by atoms with Gasteiger partial charge >= 0.3 is 0 Å². The molecule has 1 aromatic carbocycles. The van der Waals surface area contributed by atoms with Crippen molar-refractivity contribution in [1.82, 2.24) is 10.2 Å². The van der Waals surface area contributed by atoms with Crippen LogP contribution >= 0.6 is 11.3 Å². The molecule has 164 valence electrons. The fourth-order valence-corrected chi connectivity index (χ4v) is 5.10. The van der Waals surface area contributed by atoms with E-state index in [-0.39, 0.29) is 0 Å². The zero-order valence-electron chi connectivity index (χ0n) is 18.9. The maximum Gasteiger partial charge on any atom is 0.210 e. The van der Waals surface area contributed by atoms with E-state index in [1.807, 2.05) is 0 Å². The number of nitrogens with zero attached hydrogens (tertiary/aromatic N) is 3. The molecule has 30 heavy (non-hydrogen) atoms. The van der Waals surface area contributed by atoms with Crippen LogP contribution in [0.5, 0.6) is 0 Å². The Labute approximate surface area is 185 Å². The molecule has 2 aromatic rings. The Morgan fingerprint density at radius 3 is 2.57 bits per heavy atom. The first kappa shape index (κ1) is 21.6. The zero-order valence-corrected chi connectivity index (χ0v) is 19.7. The fourth-order valence-electron chi connectivity index (χ4n) is 4.18. The molecule has 1 N–H and O–H groups in total. The lowest BCUT2D eigenvalue weighted by molar-refractivity contribution is 0.0839. The van der Waals surface area contributed by atoms with Crippen molar-refractivity contribution in [2.45, 2.75) is 77.7 Å². The lowest BCUT2D eigenvalue weighted by atomic mass is 9.96. The van der Waals surface area contributed by atoms with Crippen molar-refractivity contribution in [3.63, 3.8) is 0 Å². The Kier molecular flexibility index (Phi) is 6.94. The van der Waals surface area contributed by atoms with E-state index in [1.165, 1.54) is 34.8 Å². The number of hydrogen-bond acceptors (Lipinski definition) is 6. The molecule has 0 amide bonds. The third-order valence-electron chi connectivity index (χ3n) is 6.31. The van der Waals surface area contributed by atoms with Crippen LogP contribution in [0.2, 0.25) is 0 Å². The van der Waals surface area contributed by atoms with Gasteiger partial charge in [-0.2, -0.15) is 0 Å². The smallest absolute Gasteiger partial charge is 0.210 e. The summed E-state index contributed by atoms with van der Waals surface area (Å²) in [4.78, 5) is 2.61. The van der Waals surface area contributed by atoms with Crippen molar-refractivity contribution >= 4 is 27.8 Å². The monoisotopic (exact) mass is 428 g/mol. The molecule has 2 heterocycles. The fraction of sp³-hybridized carbons (Fsp3) is 0.667. The average Bonchev–Trinajstić information content (AvgIpc) is 3.51. The normalized spacial score (nSPS) is 18.6. The lowest BCUT2D eigenvalue weighted by Gasteiger charge is -2.38. The Balaban J connectivity index is 1.67. The van der Waals surface area contributed by atoms with E-state index in [0.29, 0.717) is 23.8 Å². The molecule has 2 fully saturated rings. The van der Waals surface area contributed by atoms with E-state index in [9.17, 15) is 0 Å². The minimum atomic E-state index is 0.521. The van der Waals surface area contributed by atoms with Gasteiger partial charge in [0, 0.05) is 31.7 Å². The summed E-state index contributed by atoms with van der Waals surface area (Å²) in [6.07, 6.45) is 5.83. The van der Waals surface area contributed by atoms with Crippen LogP contribution in [0.1, 0.15) is 82.2 Å². The quantitative estimate of drug-likeness (QED) is 0.507. The number of hydrogen-bond donors (Lipinski definition) is 1. The number of benzene rings is 1. The second-order valence-electron chi connectivity index (χ2n) is 9.32. The molecule has 0 unspecified atom stereocenters. The van der Waals surface area contributed by atoms with Gasteiger partial charge in [0.05, 0.1) is 11.4 Å². The van der Waals surface area contributed by atoms with Crippen LogP contribution in [-0.4, -0.2) is 36.0 Å². The first-order valence-electron chi connectivity index (χ1n) is 11.6. The summed E-state index contributed by atoms with van der Waals surface area (Å²) in [5, 5.41) is 14.7. The standard InChI is InChI=1S/C24H36N4OS/c1-5-17(4)19-8-9-22(28(15-16(2)3)20-10-12-29-13-11-20)21(14-19)25-24-27-26-23(30-24)18-6-7-18/h8-9,14,16-18,20H,5-7,10-13,15H2,1-4H3,(H,25,27)/t17-/m1/s1. The number of aromatic nitrogens is 2. The molecule has 1 atom stereocenters. The molecule has 6 heteroatoms. The molecular weight excluding hydrogens is 392 g/mol. The highest BCUT2D eigenvalue weighted by molar-refractivity contribution is 7.15. The number of ether oxygens (including phenoxy) is 1. The summed E-state index contributed by atoms with van der Waals surface area (Å²) in [6.45, 7) is 11.9. The maximum atomic E-state index is 5.65. The first-order chi connectivity index (χ1) is 14.5. The third-order valence-corrected chi connectivity index (χ3v) is 7.31. The van der Waals surface area contributed by atoms with Gasteiger partial charge in [-0.05, 0) is 61.6 Å². The minimum Gasteiger partial charge on any atom is -0.381 e. The summed E-state index contributed by atoms with van der Waals surface area (Å²) in [6, 6.07) is 7.50. The molecule has 1 aliphatic carbocycles. The lowest BCUT2D eigenvalue weighted by Crippen LogP contribution is -2.42. The molecule has 2 aliphatic rings. The molecular formula is C24H36N4OS. The number of anilines is 3. The Morgan fingerprint density at radius 2 is 1.90 bits per heavy atom. The molecule has 0 radical (unpaired) electrons. The minimum absolute atomic E-state index is 0.521. The largest absolute Gasteiger partial charge is 0.381 e. The second kappa shape index (κ2) is 9.65. The van der Waals surface area contributed by atoms with Gasteiger partial charge in [-0.15, -0.1) is 10.2 Å². The van der Waals surface area contributed by atoms with Crippen molar-refractivity contribution in [2.75, 3.05) is 30.0 Å². The van der Waals surface area contributed by atoms with Crippen molar-refractivity contribution < 1.29 is 4.74 Å². The number of rotatable bonds is 9. The van der Waals surface area contributed by atoms with E-state index in [4.69, 9.17) is 4.74 Å². The topological polar surface area (TPSA) is 50.3 Å². The van der Waals surface area contributed by atoms with Crippen LogP contribution in [0, 0.1) is 5.92 Å². The second-order valence-corrected chi connectivity index (χ2v) is 10.3. The van der Waals surface area contributed by atoms with Gasteiger partial charge in [-0.1, -0.05) is 45.1 Å². The molecule has 1 aromatic heterocycles. The van der Waals surface area contributed by atoms with E-state index in [2.05, 4.69) is 66.3 Å². The van der Waals surface area contributed by atoms with Crippen LogP contribution in [0.4, 0.5) is 16.5 Å². The molecule has 0 bridgehead atoms. The van der Waals surface area contributed by atoms with Gasteiger partial charge in [-0.3, -0.25) is 0 Å². The molecule has 0 spiro atoms. The average molecular weight is 429 g/mol. The van der Waals surface area contributed by atoms with Gasteiger partial charge < -0.3 is 15.0 Å². The third kappa shape index (κ3) is 5.14. The number of nitrogens with one attached hydrogen (secondary N) is 1. The predicted octanol–water partition coefficient (Wildman–Crippen LogP) is 6.31. The predicted molar refractivity (Wildman–Crippen MR) is 126 cm³/mol. The van der Waals surface area contributed by atoms with Crippen LogP contribution in [0.3, 0.4) is 0 Å². The van der Waals surface area contributed by atoms with Gasteiger partial charge in [0.15, 0.2) is 0 Å². The summed E-state index contributed by atoms with van der Waals surface area (Å²) in [5.74, 6) is 1.78. The maximum absolute atomic E-state index is 5.65. The van der Waals surface area contributed by atoms with Gasteiger partial charge in [-0.25, -0.2) is 0 Å². The molecule has 1 aliphatic heterocycles.